The molecule has 0 radical (unpaired) electrons. The Hall–Kier alpha value is -2.28. The predicted octanol–water partition coefficient (Wildman–Crippen LogP) is 1.09. The normalized spacial score (nSPS) is 22.2. The van der Waals surface area contributed by atoms with Gasteiger partial charge in [0.05, 0.1) is 11.4 Å². The molecular weight excluding hydrogens is 324 g/mol. The quantitative estimate of drug-likeness (QED) is 0.835. The van der Waals surface area contributed by atoms with Gasteiger partial charge in [-0.15, -0.1) is 0 Å². The van der Waals surface area contributed by atoms with E-state index in [0.717, 1.165) is 12.8 Å². The highest BCUT2D eigenvalue weighted by Crippen LogP contribution is 2.41. The largest absolute Gasteiger partial charge is 0.454 e. The summed E-state index contributed by atoms with van der Waals surface area (Å²) in [4.78, 5) is 37.8. The molecule has 3 amide bonds. The fourth-order valence-corrected chi connectivity index (χ4v) is 3.18. The van der Waals surface area contributed by atoms with Crippen molar-refractivity contribution < 1.29 is 23.9 Å². The summed E-state index contributed by atoms with van der Waals surface area (Å²) in [6.45, 7) is 0.0541. The Kier molecular flexibility index (Phi) is 3.19. The van der Waals surface area contributed by atoms with Crippen molar-refractivity contribution in [2.45, 2.75) is 31.3 Å². The van der Waals surface area contributed by atoms with Gasteiger partial charge in [-0.25, -0.2) is 0 Å². The average Bonchev–Trinajstić information content (AvgIpc) is 3.11. The summed E-state index contributed by atoms with van der Waals surface area (Å²) in [5.74, 6) is -0.301. The van der Waals surface area contributed by atoms with Crippen LogP contribution < -0.4 is 14.8 Å². The number of nitrogens with zero attached hydrogens (tertiary/aromatic N) is 1. The minimum atomic E-state index is -0.758. The molecular formula is C15H13ClN2O5. The van der Waals surface area contributed by atoms with Crippen molar-refractivity contribution in [2.24, 2.45) is 0 Å². The van der Waals surface area contributed by atoms with Crippen molar-refractivity contribution in [3.05, 3.63) is 22.7 Å². The first-order valence-corrected chi connectivity index (χ1v) is 7.68. The van der Waals surface area contributed by atoms with Gasteiger partial charge in [0.2, 0.25) is 18.6 Å². The van der Waals surface area contributed by atoms with E-state index in [1.807, 2.05) is 0 Å². The van der Waals surface area contributed by atoms with Gasteiger partial charge >= 0.3 is 0 Å². The number of carbonyl (C=O) groups excluding carboxylic acids is 3. The zero-order valence-electron chi connectivity index (χ0n) is 12.0. The summed E-state index contributed by atoms with van der Waals surface area (Å²) >= 11 is 6.12. The van der Waals surface area contributed by atoms with Crippen LogP contribution in [-0.2, 0) is 9.59 Å². The molecule has 2 aliphatic heterocycles. The first kappa shape index (κ1) is 14.3. The maximum Gasteiger partial charge on any atom is 0.254 e. The number of ether oxygens (including phenoxy) is 2. The fourth-order valence-electron chi connectivity index (χ4n) is 2.92. The Morgan fingerprint density at radius 2 is 2.04 bits per heavy atom. The second kappa shape index (κ2) is 5.13. The van der Waals surface area contributed by atoms with Crippen molar-refractivity contribution in [2.75, 3.05) is 6.79 Å². The topological polar surface area (TPSA) is 84.9 Å². The van der Waals surface area contributed by atoms with Crippen LogP contribution in [0.25, 0.3) is 0 Å². The van der Waals surface area contributed by atoms with Crippen LogP contribution in [0.3, 0.4) is 0 Å². The third-order valence-corrected chi connectivity index (χ3v) is 4.41. The molecule has 1 aliphatic carbocycles. The Morgan fingerprint density at radius 1 is 1.26 bits per heavy atom. The lowest BCUT2D eigenvalue weighted by atomic mass is 10.1. The average molecular weight is 337 g/mol. The highest BCUT2D eigenvalue weighted by atomic mass is 35.5. The van der Waals surface area contributed by atoms with E-state index in [9.17, 15) is 14.4 Å². The summed E-state index contributed by atoms with van der Waals surface area (Å²) in [6.07, 6.45) is 1.64. The molecule has 7 nitrogen and oxygen atoms in total. The van der Waals surface area contributed by atoms with Crippen LogP contribution >= 0.6 is 11.6 Å². The molecule has 8 heteroatoms. The van der Waals surface area contributed by atoms with Crippen LogP contribution in [0.2, 0.25) is 5.02 Å². The van der Waals surface area contributed by atoms with Gasteiger partial charge in [-0.3, -0.25) is 19.7 Å². The van der Waals surface area contributed by atoms with E-state index >= 15 is 0 Å². The SMILES string of the molecule is O=C1C[C@@H](N(C(=O)c2cc(Cl)c3c(c2)OCO3)C2CC2)C(=O)N1. The van der Waals surface area contributed by atoms with E-state index < -0.39 is 11.9 Å². The van der Waals surface area contributed by atoms with Crippen molar-refractivity contribution in [3.63, 3.8) is 0 Å². The number of carbonyl (C=O) groups is 3. The van der Waals surface area contributed by atoms with Crippen LogP contribution in [-0.4, -0.2) is 41.5 Å². The first-order valence-electron chi connectivity index (χ1n) is 7.30. The minimum Gasteiger partial charge on any atom is -0.454 e. The molecule has 1 saturated carbocycles. The van der Waals surface area contributed by atoms with Crippen LogP contribution in [0.5, 0.6) is 11.5 Å². The number of benzene rings is 1. The molecule has 2 fully saturated rings. The number of amides is 3. The molecule has 23 heavy (non-hydrogen) atoms. The molecule has 0 spiro atoms. The van der Waals surface area contributed by atoms with Gasteiger partial charge in [-0.05, 0) is 25.0 Å². The molecule has 2 heterocycles. The number of hydrogen-bond acceptors (Lipinski definition) is 5. The van der Waals surface area contributed by atoms with Crippen molar-refractivity contribution in [1.82, 2.24) is 10.2 Å². The Labute approximate surface area is 136 Å². The number of rotatable bonds is 3. The maximum absolute atomic E-state index is 12.9. The predicted molar refractivity (Wildman–Crippen MR) is 78.3 cm³/mol. The first-order chi connectivity index (χ1) is 11.0. The summed E-state index contributed by atoms with van der Waals surface area (Å²) in [5.41, 5.74) is 0.318. The van der Waals surface area contributed by atoms with Gasteiger partial charge in [0.15, 0.2) is 11.5 Å². The van der Waals surface area contributed by atoms with Crippen molar-refractivity contribution in [3.8, 4) is 11.5 Å². The molecule has 1 saturated heterocycles. The Balaban J connectivity index is 1.67. The zero-order chi connectivity index (χ0) is 16.1. The highest BCUT2D eigenvalue weighted by Gasteiger charge is 2.45. The van der Waals surface area contributed by atoms with Crippen molar-refractivity contribution >= 4 is 29.3 Å². The number of nitrogens with one attached hydrogen (secondary N) is 1. The smallest absolute Gasteiger partial charge is 0.254 e. The van der Waals surface area contributed by atoms with E-state index in [4.69, 9.17) is 21.1 Å². The number of imide groups is 1. The standard InChI is InChI=1S/C15H13ClN2O5/c16-9-3-7(4-11-13(9)23-6-22-11)15(21)18(8-1-2-8)10-5-12(19)17-14(10)20/h3-4,8,10H,1-2,5-6H2,(H,17,19,20)/t10-/m1/s1. The molecule has 3 aliphatic rings. The van der Waals surface area contributed by atoms with Gasteiger partial charge in [-0.1, -0.05) is 11.6 Å². The van der Waals surface area contributed by atoms with Gasteiger partial charge in [0.25, 0.3) is 5.91 Å². The van der Waals surface area contributed by atoms with Gasteiger partial charge in [-0.2, -0.15) is 0 Å². The van der Waals surface area contributed by atoms with E-state index in [2.05, 4.69) is 5.32 Å². The molecule has 4 rings (SSSR count). The zero-order valence-corrected chi connectivity index (χ0v) is 12.8. The summed E-state index contributed by atoms with van der Waals surface area (Å²) in [7, 11) is 0. The lowest BCUT2D eigenvalue weighted by Crippen LogP contribution is -2.45. The molecule has 0 bridgehead atoms. The molecule has 0 aromatic heterocycles. The van der Waals surface area contributed by atoms with E-state index in [1.54, 1.807) is 6.07 Å². The fraction of sp³-hybridized carbons (Fsp3) is 0.400. The molecule has 1 atom stereocenters. The van der Waals surface area contributed by atoms with Gasteiger partial charge < -0.3 is 14.4 Å². The summed E-state index contributed by atoms with van der Waals surface area (Å²) < 4.78 is 10.5. The monoisotopic (exact) mass is 336 g/mol. The highest BCUT2D eigenvalue weighted by molar-refractivity contribution is 6.32. The van der Waals surface area contributed by atoms with Gasteiger partial charge in [0, 0.05) is 11.6 Å². The Bertz CT molecular complexity index is 731. The second-order valence-electron chi connectivity index (χ2n) is 5.77. The lowest BCUT2D eigenvalue weighted by molar-refractivity contribution is -0.126. The molecule has 1 N–H and O–H groups in total. The molecule has 120 valence electrons. The summed E-state index contributed by atoms with van der Waals surface area (Å²) in [6, 6.07) is 2.28. The van der Waals surface area contributed by atoms with Gasteiger partial charge in [0.1, 0.15) is 6.04 Å². The van der Waals surface area contributed by atoms with Crippen LogP contribution in [0, 0.1) is 0 Å². The Morgan fingerprint density at radius 3 is 2.70 bits per heavy atom. The van der Waals surface area contributed by atoms with E-state index in [1.165, 1.54) is 11.0 Å². The number of hydrogen-bond donors (Lipinski definition) is 1. The molecule has 0 unspecified atom stereocenters. The second-order valence-corrected chi connectivity index (χ2v) is 6.18. The van der Waals surface area contributed by atoms with E-state index in [-0.39, 0.29) is 36.1 Å². The van der Waals surface area contributed by atoms with Crippen LogP contribution in [0.4, 0.5) is 0 Å². The van der Waals surface area contributed by atoms with Crippen LogP contribution in [0.1, 0.15) is 29.6 Å². The third-order valence-electron chi connectivity index (χ3n) is 4.13. The third kappa shape index (κ3) is 2.41. The summed E-state index contributed by atoms with van der Waals surface area (Å²) in [5, 5.41) is 2.53. The van der Waals surface area contributed by atoms with E-state index in [0.29, 0.717) is 17.1 Å². The molecule has 1 aromatic carbocycles. The minimum absolute atomic E-state index is 0.000638. The van der Waals surface area contributed by atoms with Crippen molar-refractivity contribution in [1.29, 1.82) is 0 Å². The number of halogens is 1. The lowest BCUT2D eigenvalue weighted by Gasteiger charge is -2.27. The van der Waals surface area contributed by atoms with Crippen LogP contribution in [0.15, 0.2) is 12.1 Å². The molecule has 1 aromatic rings. The number of fused-ring (bicyclic) bond motifs is 1. The maximum atomic E-state index is 12.9.